The van der Waals surface area contributed by atoms with Gasteiger partial charge >= 0.3 is 0 Å². The smallest absolute Gasteiger partial charge is 0.274 e. The number of hydrogen-bond acceptors (Lipinski definition) is 7. The second kappa shape index (κ2) is 7.66. The van der Waals surface area contributed by atoms with E-state index in [4.69, 9.17) is 11.5 Å². The average molecular weight is 422 g/mol. The Kier molecular flexibility index (Phi) is 4.84. The second-order valence-electron chi connectivity index (χ2n) is 7.73. The van der Waals surface area contributed by atoms with Gasteiger partial charge in [0.05, 0.1) is 16.1 Å². The van der Waals surface area contributed by atoms with Gasteiger partial charge in [0, 0.05) is 37.3 Å². The fourth-order valence-electron chi connectivity index (χ4n) is 4.30. The quantitative estimate of drug-likeness (QED) is 0.495. The van der Waals surface area contributed by atoms with Gasteiger partial charge in [-0.15, -0.1) is 0 Å². The molecule has 0 bridgehead atoms. The van der Waals surface area contributed by atoms with Crippen LogP contribution in [0.5, 0.6) is 0 Å². The first-order valence-corrected chi connectivity index (χ1v) is 10.9. The Balaban J connectivity index is 1.39. The molecule has 1 aromatic carbocycles. The monoisotopic (exact) mass is 421 g/mol. The van der Waals surface area contributed by atoms with Crippen LogP contribution in [0.1, 0.15) is 29.0 Å². The number of amidine groups is 1. The van der Waals surface area contributed by atoms with E-state index in [-0.39, 0.29) is 11.7 Å². The molecule has 2 aliphatic rings. The minimum atomic E-state index is 0.0184. The fraction of sp³-hybridized carbons (Fsp3) is 0.333. The third kappa shape index (κ3) is 3.40. The lowest BCUT2D eigenvalue weighted by Crippen LogP contribution is -2.52. The third-order valence-corrected chi connectivity index (χ3v) is 6.67. The molecule has 0 radical (unpaired) electrons. The molecular formula is C21H23N7OS. The molecule has 1 amide bonds. The summed E-state index contributed by atoms with van der Waals surface area (Å²) in [4.78, 5) is 26.2. The minimum Gasteiger partial charge on any atom is -0.397 e. The number of nitrogens with two attached hydrogens (primary N) is 2. The van der Waals surface area contributed by atoms with E-state index in [0.717, 1.165) is 36.3 Å². The number of amides is 1. The highest BCUT2D eigenvalue weighted by molar-refractivity contribution is 7.13. The molecule has 0 saturated carbocycles. The Hall–Kier alpha value is -3.04. The number of fused-ring (bicyclic) bond motifs is 2. The minimum absolute atomic E-state index is 0.0184. The molecule has 2 fully saturated rings. The van der Waals surface area contributed by atoms with Crippen LogP contribution in [0.25, 0.3) is 10.1 Å². The number of anilines is 1. The van der Waals surface area contributed by atoms with Crippen molar-refractivity contribution in [2.75, 3.05) is 31.9 Å². The fourth-order valence-corrected chi connectivity index (χ4v) is 5.10. The highest BCUT2D eigenvalue weighted by atomic mass is 32.1. The molecule has 0 spiro atoms. The SMILES string of the molecule is NC(=Nc1ccc2c(C(=O)N3CCN4CCCC4C3)nsc2c1)c1ncccc1N. The summed E-state index contributed by atoms with van der Waals surface area (Å²) in [7, 11) is 0. The van der Waals surface area contributed by atoms with E-state index in [0.29, 0.717) is 28.8 Å². The van der Waals surface area contributed by atoms with Crippen LogP contribution in [0.2, 0.25) is 0 Å². The van der Waals surface area contributed by atoms with Crippen LogP contribution in [0.3, 0.4) is 0 Å². The Labute approximate surface area is 178 Å². The van der Waals surface area contributed by atoms with Crippen LogP contribution < -0.4 is 11.5 Å². The van der Waals surface area contributed by atoms with Crippen molar-refractivity contribution in [1.82, 2.24) is 19.2 Å². The van der Waals surface area contributed by atoms with Crippen molar-refractivity contribution in [2.45, 2.75) is 18.9 Å². The zero-order chi connectivity index (χ0) is 20.7. The van der Waals surface area contributed by atoms with Crippen LogP contribution in [0, 0.1) is 0 Å². The summed E-state index contributed by atoms with van der Waals surface area (Å²) >= 11 is 1.31. The maximum atomic E-state index is 13.1. The van der Waals surface area contributed by atoms with E-state index < -0.39 is 0 Å². The van der Waals surface area contributed by atoms with E-state index in [2.05, 4.69) is 19.2 Å². The standard InChI is InChI=1S/C21H23N7OS/c22-16-4-1-7-24-19(16)20(23)25-13-5-6-15-17(11-13)30-26-18(15)21(29)28-10-9-27-8-2-3-14(27)12-28/h1,4-7,11,14H,2-3,8-10,12,22H2,(H2,23,25). The predicted molar refractivity (Wildman–Crippen MR) is 119 cm³/mol. The van der Waals surface area contributed by atoms with E-state index in [1.807, 2.05) is 23.1 Å². The highest BCUT2D eigenvalue weighted by Gasteiger charge is 2.33. The van der Waals surface area contributed by atoms with Gasteiger partial charge in [0.1, 0.15) is 11.4 Å². The largest absolute Gasteiger partial charge is 0.397 e. The molecule has 5 rings (SSSR count). The molecule has 1 unspecified atom stereocenters. The van der Waals surface area contributed by atoms with Crippen molar-refractivity contribution in [3.63, 3.8) is 0 Å². The summed E-state index contributed by atoms with van der Waals surface area (Å²) in [6.45, 7) is 3.66. The van der Waals surface area contributed by atoms with Crippen molar-refractivity contribution in [1.29, 1.82) is 0 Å². The highest BCUT2D eigenvalue weighted by Crippen LogP contribution is 2.30. The van der Waals surface area contributed by atoms with Gasteiger partial charge in [-0.3, -0.25) is 14.7 Å². The normalized spacial score (nSPS) is 19.9. The van der Waals surface area contributed by atoms with Gasteiger partial charge in [-0.05, 0) is 61.3 Å². The molecule has 154 valence electrons. The van der Waals surface area contributed by atoms with Gasteiger partial charge in [0.15, 0.2) is 5.84 Å². The van der Waals surface area contributed by atoms with Crippen molar-refractivity contribution in [3.05, 3.63) is 47.9 Å². The molecule has 2 aromatic heterocycles. The third-order valence-electron chi connectivity index (χ3n) is 5.86. The number of carbonyl (C=O) groups excluding carboxylic acids is 1. The molecule has 4 heterocycles. The summed E-state index contributed by atoms with van der Waals surface area (Å²) in [6.07, 6.45) is 4.03. The van der Waals surface area contributed by atoms with Gasteiger partial charge in [0.25, 0.3) is 5.91 Å². The van der Waals surface area contributed by atoms with Gasteiger partial charge in [-0.1, -0.05) is 0 Å². The predicted octanol–water partition coefficient (Wildman–Crippen LogP) is 2.23. The van der Waals surface area contributed by atoms with E-state index in [1.165, 1.54) is 24.4 Å². The lowest BCUT2D eigenvalue weighted by Gasteiger charge is -2.37. The van der Waals surface area contributed by atoms with Crippen LogP contribution in [0.4, 0.5) is 11.4 Å². The average Bonchev–Trinajstić information content (AvgIpc) is 3.39. The summed E-state index contributed by atoms with van der Waals surface area (Å²) in [5.74, 6) is 0.271. The number of hydrogen-bond donors (Lipinski definition) is 2. The zero-order valence-electron chi connectivity index (χ0n) is 16.5. The maximum Gasteiger partial charge on any atom is 0.274 e. The molecule has 4 N–H and O–H groups in total. The number of nitrogens with zero attached hydrogens (tertiary/aromatic N) is 5. The van der Waals surface area contributed by atoms with Crippen LogP contribution >= 0.6 is 11.5 Å². The lowest BCUT2D eigenvalue weighted by atomic mass is 10.1. The number of rotatable bonds is 3. The van der Waals surface area contributed by atoms with Crippen LogP contribution in [-0.2, 0) is 0 Å². The molecule has 1 atom stereocenters. The number of nitrogen functional groups attached to an aromatic ring is 1. The first-order valence-electron chi connectivity index (χ1n) is 10.1. The van der Waals surface area contributed by atoms with Crippen molar-refractivity contribution in [3.8, 4) is 0 Å². The van der Waals surface area contributed by atoms with E-state index in [9.17, 15) is 4.79 Å². The molecular weight excluding hydrogens is 398 g/mol. The zero-order valence-corrected chi connectivity index (χ0v) is 17.3. The van der Waals surface area contributed by atoms with Crippen LogP contribution in [0.15, 0.2) is 41.5 Å². The number of aliphatic imine (C=N–C) groups is 1. The Morgan fingerprint density at radius 2 is 2.10 bits per heavy atom. The second-order valence-corrected chi connectivity index (χ2v) is 8.54. The number of pyridine rings is 1. The summed E-state index contributed by atoms with van der Waals surface area (Å²) < 4.78 is 5.38. The van der Waals surface area contributed by atoms with Crippen molar-refractivity contribution >= 4 is 44.7 Å². The molecule has 30 heavy (non-hydrogen) atoms. The van der Waals surface area contributed by atoms with Crippen molar-refractivity contribution in [2.24, 2.45) is 10.7 Å². The Morgan fingerprint density at radius 1 is 1.20 bits per heavy atom. The molecule has 2 saturated heterocycles. The summed E-state index contributed by atoms with van der Waals surface area (Å²) in [5.41, 5.74) is 14.2. The van der Waals surface area contributed by atoms with Gasteiger partial charge < -0.3 is 16.4 Å². The van der Waals surface area contributed by atoms with Crippen molar-refractivity contribution < 1.29 is 4.79 Å². The van der Waals surface area contributed by atoms with Gasteiger partial charge in [0.2, 0.25) is 0 Å². The first-order chi connectivity index (χ1) is 14.6. The summed E-state index contributed by atoms with van der Waals surface area (Å²) in [5, 5.41) is 0.855. The number of carbonyl (C=O) groups is 1. The molecule has 3 aromatic rings. The first kappa shape index (κ1) is 19.0. The van der Waals surface area contributed by atoms with Gasteiger partial charge in [-0.2, -0.15) is 4.37 Å². The number of piperazine rings is 1. The molecule has 0 aliphatic carbocycles. The molecule has 2 aliphatic heterocycles. The Morgan fingerprint density at radius 3 is 2.97 bits per heavy atom. The molecule has 9 heteroatoms. The van der Waals surface area contributed by atoms with E-state index in [1.54, 1.807) is 18.3 Å². The summed E-state index contributed by atoms with van der Waals surface area (Å²) in [6, 6.07) is 9.61. The topological polar surface area (TPSA) is 114 Å². The Bertz CT molecular complexity index is 1140. The lowest BCUT2D eigenvalue weighted by molar-refractivity contribution is 0.0569. The maximum absolute atomic E-state index is 13.1. The van der Waals surface area contributed by atoms with Gasteiger partial charge in [-0.25, -0.2) is 4.99 Å². The molecule has 8 nitrogen and oxygen atoms in total. The number of aromatic nitrogens is 2. The number of benzene rings is 1. The van der Waals surface area contributed by atoms with E-state index >= 15 is 0 Å². The van der Waals surface area contributed by atoms with Crippen LogP contribution in [-0.4, -0.2) is 63.1 Å².